The van der Waals surface area contributed by atoms with Crippen molar-refractivity contribution in [2.24, 2.45) is 0 Å². The highest BCUT2D eigenvalue weighted by Crippen LogP contribution is 2.15. The Balaban J connectivity index is 2.18. The zero-order valence-electron chi connectivity index (χ0n) is 10.1. The first-order valence-electron chi connectivity index (χ1n) is 5.69. The van der Waals surface area contributed by atoms with Gasteiger partial charge in [-0.3, -0.25) is 0 Å². The molecule has 0 radical (unpaired) electrons. The fourth-order valence-corrected chi connectivity index (χ4v) is 2.79. The van der Waals surface area contributed by atoms with E-state index < -0.39 is 10.0 Å². The van der Waals surface area contributed by atoms with Crippen LogP contribution in [0.3, 0.4) is 0 Å². The highest BCUT2D eigenvalue weighted by molar-refractivity contribution is 7.89. The third kappa shape index (κ3) is 2.80. The van der Waals surface area contributed by atoms with Gasteiger partial charge in [0.25, 0.3) is 0 Å². The number of nitrogens with two attached hydrogens (primary N) is 1. The van der Waals surface area contributed by atoms with Crippen LogP contribution < -0.4 is 10.5 Å². The molecule has 3 N–H and O–H groups in total. The number of nitrogen functional groups attached to an aromatic ring is 1. The van der Waals surface area contributed by atoms with Crippen molar-refractivity contribution in [3.63, 3.8) is 0 Å². The topological polar surface area (TPSA) is 90.0 Å². The van der Waals surface area contributed by atoms with Gasteiger partial charge in [-0.1, -0.05) is 6.92 Å². The summed E-state index contributed by atoms with van der Waals surface area (Å²) >= 11 is 0. The molecule has 0 amide bonds. The number of anilines is 1. The van der Waals surface area contributed by atoms with E-state index in [9.17, 15) is 8.42 Å². The smallest absolute Gasteiger partial charge is 0.213 e. The molecule has 0 atom stereocenters. The minimum absolute atomic E-state index is 0.0384. The van der Waals surface area contributed by atoms with Crippen molar-refractivity contribution >= 4 is 26.7 Å². The molecule has 1 heterocycles. The molecule has 0 unspecified atom stereocenters. The second-order valence-electron chi connectivity index (χ2n) is 4.00. The van der Waals surface area contributed by atoms with Crippen LogP contribution in [0.2, 0.25) is 0 Å². The molecule has 0 aliphatic heterocycles. The molecular weight excluding hydrogens is 252 g/mol. The molecule has 0 spiro atoms. The molecule has 18 heavy (non-hydrogen) atoms. The summed E-state index contributed by atoms with van der Waals surface area (Å²) in [6, 6.07) is 5.39. The molecule has 7 heteroatoms. The van der Waals surface area contributed by atoms with Crippen LogP contribution in [0, 0.1) is 0 Å². The average molecular weight is 268 g/mol. The number of sulfonamides is 1. The second-order valence-corrected chi connectivity index (χ2v) is 5.93. The maximum atomic E-state index is 11.6. The van der Waals surface area contributed by atoms with Crippen LogP contribution in [0.5, 0.6) is 0 Å². The summed E-state index contributed by atoms with van der Waals surface area (Å²) in [5.74, 6) is 0.0384. The average Bonchev–Trinajstić information content (AvgIpc) is 2.68. The van der Waals surface area contributed by atoms with Gasteiger partial charge in [0, 0.05) is 18.8 Å². The van der Waals surface area contributed by atoms with Crippen molar-refractivity contribution in [1.29, 1.82) is 0 Å². The van der Waals surface area contributed by atoms with Crippen molar-refractivity contribution in [2.45, 2.75) is 13.5 Å². The number of aryl methyl sites for hydroxylation is 1. The highest BCUT2D eigenvalue weighted by atomic mass is 32.2. The first kappa shape index (κ1) is 12.8. The minimum Gasteiger partial charge on any atom is -0.399 e. The van der Waals surface area contributed by atoms with Crippen molar-refractivity contribution < 1.29 is 8.42 Å². The molecule has 0 bridgehead atoms. The maximum absolute atomic E-state index is 11.6. The van der Waals surface area contributed by atoms with E-state index in [0.717, 1.165) is 11.0 Å². The van der Waals surface area contributed by atoms with Crippen LogP contribution in [0.15, 0.2) is 24.5 Å². The van der Waals surface area contributed by atoms with Crippen molar-refractivity contribution in [3.05, 3.63) is 24.5 Å². The number of rotatable bonds is 5. The van der Waals surface area contributed by atoms with E-state index in [1.807, 2.05) is 10.6 Å². The van der Waals surface area contributed by atoms with Gasteiger partial charge >= 0.3 is 0 Å². The Morgan fingerprint density at radius 3 is 2.94 bits per heavy atom. The molecule has 0 saturated carbocycles. The fourth-order valence-electron chi connectivity index (χ4n) is 1.77. The van der Waals surface area contributed by atoms with Gasteiger partial charge in [0.1, 0.15) is 0 Å². The monoisotopic (exact) mass is 268 g/mol. The molecular formula is C11H16N4O2S. The van der Waals surface area contributed by atoms with E-state index in [1.165, 1.54) is 0 Å². The van der Waals surface area contributed by atoms with E-state index in [0.29, 0.717) is 18.8 Å². The van der Waals surface area contributed by atoms with Gasteiger partial charge in [-0.2, -0.15) is 0 Å². The number of nitrogens with zero attached hydrogens (tertiary/aromatic N) is 2. The Kier molecular flexibility index (Phi) is 3.53. The summed E-state index contributed by atoms with van der Waals surface area (Å²) in [6.07, 6.45) is 1.63. The summed E-state index contributed by atoms with van der Waals surface area (Å²) in [6.45, 7) is 2.53. The lowest BCUT2D eigenvalue weighted by atomic mass is 10.3. The van der Waals surface area contributed by atoms with Gasteiger partial charge in [0.2, 0.25) is 10.0 Å². The largest absolute Gasteiger partial charge is 0.399 e. The lowest BCUT2D eigenvalue weighted by Crippen LogP contribution is -2.27. The molecule has 0 aliphatic carbocycles. The molecule has 98 valence electrons. The second kappa shape index (κ2) is 4.95. The van der Waals surface area contributed by atoms with E-state index >= 15 is 0 Å². The Bertz CT molecular complexity index is 648. The molecule has 0 aliphatic rings. The fraction of sp³-hybridized carbons (Fsp3) is 0.364. The predicted octanol–water partition coefficient (Wildman–Crippen LogP) is 0.558. The van der Waals surface area contributed by atoms with Crippen LogP contribution in [-0.2, 0) is 16.6 Å². The Labute approximate surface area is 106 Å². The van der Waals surface area contributed by atoms with Crippen molar-refractivity contribution in [2.75, 3.05) is 18.0 Å². The number of imidazole rings is 1. The zero-order chi connectivity index (χ0) is 13.2. The minimum atomic E-state index is -3.21. The zero-order valence-corrected chi connectivity index (χ0v) is 10.9. The first-order chi connectivity index (χ1) is 8.52. The van der Waals surface area contributed by atoms with E-state index in [4.69, 9.17) is 5.73 Å². The van der Waals surface area contributed by atoms with Crippen molar-refractivity contribution in [1.82, 2.24) is 14.3 Å². The number of nitrogens with one attached hydrogen (secondary N) is 1. The lowest BCUT2D eigenvalue weighted by molar-refractivity contribution is 0.577. The number of hydrogen-bond donors (Lipinski definition) is 2. The van der Waals surface area contributed by atoms with Crippen LogP contribution >= 0.6 is 0 Å². The van der Waals surface area contributed by atoms with Crippen LogP contribution in [0.4, 0.5) is 5.69 Å². The quantitative estimate of drug-likeness (QED) is 0.775. The number of aromatic nitrogens is 2. The summed E-state index contributed by atoms with van der Waals surface area (Å²) in [4.78, 5) is 4.19. The van der Waals surface area contributed by atoms with Gasteiger partial charge in [-0.05, 0) is 18.2 Å². The normalized spacial score (nSPS) is 12.1. The third-order valence-electron chi connectivity index (χ3n) is 2.61. The molecule has 0 saturated heterocycles. The first-order valence-corrected chi connectivity index (χ1v) is 7.35. The maximum Gasteiger partial charge on any atom is 0.213 e. The highest BCUT2D eigenvalue weighted by Gasteiger charge is 2.10. The molecule has 6 nitrogen and oxygen atoms in total. The standard InChI is InChI=1S/C11H16N4O2S/c1-2-14-18(16,17)6-5-15-8-13-10-7-9(12)3-4-11(10)15/h3-4,7-8,14H,2,5-6,12H2,1H3. The van der Waals surface area contributed by atoms with Gasteiger partial charge in [0.05, 0.1) is 23.1 Å². The summed E-state index contributed by atoms with van der Waals surface area (Å²) in [5.41, 5.74) is 7.97. The number of benzene rings is 1. The van der Waals surface area contributed by atoms with Crippen LogP contribution in [-0.4, -0.2) is 30.3 Å². The summed E-state index contributed by atoms with van der Waals surface area (Å²) in [5, 5.41) is 0. The lowest BCUT2D eigenvalue weighted by Gasteiger charge is -2.06. The van der Waals surface area contributed by atoms with Gasteiger partial charge < -0.3 is 10.3 Å². The van der Waals surface area contributed by atoms with E-state index in [1.54, 1.807) is 25.4 Å². The molecule has 2 rings (SSSR count). The predicted molar refractivity (Wildman–Crippen MR) is 71.6 cm³/mol. The van der Waals surface area contributed by atoms with Gasteiger partial charge in [0.15, 0.2) is 0 Å². The summed E-state index contributed by atoms with van der Waals surface area (Å²) in [7, 11) is -3.21. The molecule has 1 aromatic heterocycles. The summed E-state index contributed by atoms with van der Waals surface area (Å²) < 4.78 is 27.4. The number of fused-ring (bicyclic) bond motifs is 1. The van der Waals surface area contributed by atoms with Crippen LogP contribution in [0.1, 0.15) is 6.92 Å². The molecule has 0 fully saturated rings. The van der Waals surface area contributed by atoms with Gasteiger partial charge in [-0.25, -0.2) is 18.1 Å². The van der Waals surface area contributed by atoms with E-state index in [-0.39, 0.29) is 5.75 Å². The molecule has 1 aromatic carbocycles. The Morgan fingerprint density at radius 1 is 1.44 bits per heavy atom. The Morgan fingerprint density at radius 2 is 2.22 bits per heavy atom. The van der Waals surface area contributed by atoms with Gasteiger partial charge in [-0.15, -0.1) is 0 Å². The van der Waals surface area contributed by atoms with Crippen molar-refractivity contribution in [3.8, 4) is 0 Å². The number of hydrogen-bond acceptors (Lipinski definition) is 4. The molecule has 2 aromatic rings. The SMILES string of the molecule is CCNS(=O)(=O)CCn1cnc2cc(N)ccc21. The van der Waals surface area contributed by atoms with E-state index in [2.05, 4.69) is 9.71 Å². The third-order valence-corrected chi connectivity index (χ3v) is 4.06. The van der Waals surface area contributed by atoms with Crippen LogP contribution in [0.25, 0.3) is 11.0 Å². The Hall–Kier alpha value is -1.60.